The second-order valence-electron chi connectivity index (χ2n) is 17.9. The van der Waals surface area contributed by atoms with E-state index in [2.05, 4.69) is 264 Å². The molecule has 0 fully saturated rings. The van der Waals surface area contributed by atoms with Crippen molar-refractivity contribution in [2.75, 3.05) is 4.90 Å². The Labute approximate surface area is 389 Å². The summed E-state index contributed by atoms with van der Waals surface area (Å²) in [6.07, 6.45) is 0. The Hall–Kier alpha value is -8.72. The third-order valence-electron chi connectivity index (χ3n) is 14.6. The minimum absolute atomic E-state index is 0.508. The molecular weight excluding hydrogens is 809 g/mol. The number of benzene rings is 11. The molecule has 0 saturated carbocycles. The molecule has 312 valence electrons. The Morgan fingerprint density at radius 1 is 0.313 bits per heavy atom. The molecule has 0 atom stereocenters. The highest BCUT2D eigenvalue weighted by molar-refractivity contribution is 6.15. The summed E-state index contributed by atoms with van der Waals surface area (Å²) in [5, 5.41) is 4.94. The van der Waals surface area contributed by atoms with E-state index in [1.54, 1.807) is 0 Å². The lowest BCUT2D eigenvalue weighted by molar-refractivity contribution is 0.773. The van der Waals surface area contributed by atoms with Gasteiger partial charge in [0.2, 0.25) is 0 Å². The van der Waals surface area contributed by atoms with E-state index in [0.29, 0.717) is 0 Å². The van der Waals surface area contributed by atoms with Crippen LogP contribution in [0.4, 0.5) is 17.1 Å². The van der Waals surface area contributed by atoms with Gasteiger partial charge in [-0.3, -0.25) is 0 Å². The van der Waals surface area contributed by atoms with Crippen LogP contribution in [0.3, 0.4) is 0 Å². The number of aromatic nitrogens is 1. The number of hydrogen-bond acceptors (Lipinski definition) is 1. The van der Waals surface area contributed by atoms with Crippen molar-refractivity contribution in [3.05, 3.63) is 277 Å². The zero-order chi connectivity index (χ0) is 44.1. The van der Waals surface area contributed by atoms with Gasteiger partial charge in [-0.15, -0.1) is 0 Å². The molecule has 1 heterocycles. The molecule has 2 nitrogen and oxygen atoms in total. The van der Waals surface area contributed by atoms with Crippen molar-refractivity contribution in [3.8, 4) is 50.2 Å². The molecule has 0 N–H and O–H groups in total. The van der Waals surface area contributed by atoms with Crippen LogP contribution in [-0.4, -0.2) is 4.57 Å². The van der Waals surface area contributed by atoms with Crippen LogP contribution in [0, 0.1) is 0 Å². The fourth-order valence-electron chi connectivity index (χ4n) is 12.0. The SMILES string of the molecule is c1ccc(-c2cccc(-c3ccccc3)c2N(c2ccc3c4ccccc4n(-c4ccccc4)c3c2)c2ccc3c4c(cccc24)C2(c4ccccc4-c4ccccc42)c2ccccc2-3)cc1. The first kappa shape index (κ1) is 37.6. The van der Waals surface area contributed by atoms with Gasteiger partial charge >= 0.3 is 0 Å². The molecular formula is C65H42N2. The molecule has 12 aromatic rings. The first-order valence-electron chi connectivity index (χ1n) is 23.3. The van der Waals surface area contributed by atoms with E-state index in [1.807, 2.05) is 0 Å². The van der Waals surface area contributed by atoms with E-state index >= 15 is 0 Å². The van der Waals surface area contributed by atoms with Crippen LogP contribution < -0.4 is 4.90 Å². The van der Waals surface area contributed by atoms with E-state index in [0.717, 1.165) is 50.5 Å². The number of rotatable bonds is 6. The quantitative estimate of drug-likeness (QED) is 0.162. The van der Waals surface area contributed by atoms with Gasteiger partial charge in [0.1, 0.15) is 0 Å². The fraction of sp³-hybridized carbons (Fsp3) is 0.0154. The van der Waals surface area contributed by atoms with Crippen molar-refractivity contribution in [3.63, 3.8) is 0 Å². The Bertz CT molecular complexity index is 3820. The maximum Gasteiger partial charge on any atom is 0.0725 e. The summed E-state index contributed by atoms with van der Waals surface area (Å²) in [5.74, 6) is 0. The minimum atomic E-state index is -0.508. The monoisotopic (exact) mass is 850 g/mol. The van der Waals surface area contributed by atoms with Gasteiger partial charge in [0.25, 0.3) is 0 Å². The molecule has 1 aromatic heterocycles. The van der Waals surface area contributed by atoms with Crippen molar-refractivity contribution < 1.29 is 0 Å². The molecule has 11 aromatic carbocycles. The predicted octanol–water partition coefficient (Wildman–Crippen LogP) is 17.1. The lowest BCUT2D eigenvalue weighted by atomic mass is 9.61. The van der Waals surface area contributed by atoms with E-state index < -0.39 is 5.41 Å². The van der Waals surface area contributed by atoms with Gasteiger partial charge in [0.05, 0.1) is 27.8 Å². The normalized spacial score (nSPS) is 12.9. The van der Waals surface area contributed by atoms with Crippen molar-refractivity contribution in [2.24, 2.45) is 0 Å². The maximum atomic E-state index is 2.57. The van der Waals surface area contributed by atoms with Crippen molar-refractivity contribution in [1.29, 1.82) is 0 Å². The summed E-state index contributed by atoms with van der Waals surface area (Å²) in [6, 6.07) is 94.6. The van der Waals surface area contributed by atoms with Gasteiger partial charge in [-0.2, -0.15) is 0 Å². The molecule has 0 bridgehead atoms. The van der Waals surface area contributed by atoms with Crippen LogP contribution in [0.5, 0.6) is 0 Å². The molecule has 67 heavy (non-hydrogen) atoms. The molecule has 0 amide bonds. The molecule has 0 aliphatic heterocycles. The second-order valence-corrected chi connectivity index (χ2v) is 17.9. The zero-order valence-corrected chi connectivity index (χ0v) is 36.6. The third kappa shape index (κ3) is 5.33. The van der Waals surface area contributed by atoms with Gasteiger partial charge in [-0.05, 0) is 97.4 Å². The topological polar surface area (TPSA) is 8.17 Å². The number of anilines is 3. The smallest absolute Gasteiger partial charge is 0.0725 e. The number of fused-ring (bicyclic) bond motifs is 12. The predicted molar refractivity (Wildman–Crippen MR) is 280 cm³/mol. The van der Waals surface area contributed by atoms with Gasteiger partial charge in [-0.1, -0.05) is 218 Å². The minimum Gasteiger partial charge on any atom is -0.309 e. The van der Waals surface area contributed by atoms with Gasteiger partial charge in [0, 0.05) is 38.7 Å². The Morgan fingerprint density at radius 2 is 0.791 bits per heavy atom. The Kier molecular flexibility index (Phi) is 8.23. The zero-order valence-electron chi connectivity index (χ0n) is 36.6. The summed E-state index contributed by atoms with van der Waals surface area (Å²) in [5.41, 5.74) is 21.4. The fourth-order valence-corrected chi connectivity index (χ4v) is 12.0. The van der Waals surface area contributed by atoms with Crippen LogP contribution in [0.1, 0.15) is 22.3 Å². The summed E-state index contributed by atoms with van der Waals surface area (Å²) < 4.78 is 2.43. The van der Waals surface area contributed by atoms with E-state index in [1.165, 1.54) is 71.6 Å². The van der Waals surface area contributed by atoms with Crippen LogP contribution in [0.2, 0.25) is 0 Å². The highest BCUT2D eigenvalue weighted by Crippen LogP contribution is 2.63. The highest BCUT2D eigenvalue weighted by atomic mass is 15.2. The summed E-state index contributed by atoms with van der Waals surface area (Å²) in [4.78, 5) is 2.57. The van der Waals surface area contributed by atoms with Gasteiger partial charge < -0.3 is 9.47 Å². The van der Waals surface area contributed by atoms with E-state index in [4.69, 9.17) is 0 Å². The molecule has 2 heteroatoms. The summed E-state index contributed by atoms with van der Waals surface area (Å²) >= 11 is 0. The number of nitrogens with zero attached hydrogens (tertiary/aromatic N) is 2. The molecule has 2 aliphatic rings. The van der Waals surface area contributed by atoms with E-state index in [-0.39, 0.29) is 0 Å². The van der Waals surface area contributed by atoms with Crippen LogP contribution in [0.25, 0.3) is 82.8 Å². The molecule has 2 aliphatic carbocycles. The van der Waals surface area contributed by atoms with Gasteiger partial charge in [0.15, 0.2) is 0 Å². The van der Waals surface area contributed by atoms with Crippen LogP contribution >= 0.6 is 0 Å². The molecule has 0 radical (unpaired) electrons. The third-order valence-corrected chi connectivity index (χ3v) is 14.6. The largest absolute Gasteiger partial charge is 0.309 e. The van der Waals surface area contributed by atoms with Crippen LogP contribution in [-0.2, 0) is 5.41 Å². The number of para-hydroxylation sites is 3. The first-order valence-corrected chi connectivity index (χ1v) is 23.3. The lowest BCUT2D eigenvalue weighted by Gasteiger charge is -2.40. The van der Waals surface area contributed by atoms with Crippen molar-refractivity contribution in [2.45, 2.75) is 5.41 Å². The molecule has 0 unspecified atom stereocenters. The molecule has 14 rings (SSSR count). The van der Waals surface area contributed by atoms with E-state index in [9.17, 15) is 0 Å². The van der Waals surface area contributed by atoms with Crippen LogP contribution in [0.15, 0.2) is 255 Å². The highest BCUT2D eigenvalue weighted by Gasteiger charge is 2.50. The maximum absolute atomic E-state index is 2.57. The lowest BCUT2D eigenvalue weighted by Crippen LogP contribution is -2.31. The second kappa shape index (κ2) is 14.7. The average Bonchev–Trinajstić information content (AvgIpc) is 3.89. The number of hydrogen-bond donors (Lipinski definition) is 0. The average molecular weight is 851 g/mol. The van der Waals surface area contributed by atoms with Gasteiger partial charge in [-0.25, -0.2) is 0 Å². The standard InChI is InChI=1S/C65H42N2/c1-4-20-43(21-5-1)47-30-18-31-48(44-22-6-2-7-23-44)64(47)67(46-38-39-53-52-29-13-17-37-60(52)66(62(53)42-46)45-24-8-3-9-25-45)61-41-40-54-51-28-12-16-35-58(51)65(59-36-19-32-55(61)63(54)59)56-33-14-10-26-49(56)50-27-11-15-34-57(50)65/h1-42H. The Balaban J connectivity index is 1.13. The van der Waals surface area contributed by atoms with Crippen molar-refractivity contribution in [1.82, 2.24) is 4.57 Å². The summed E-state index contributed by atoms with van der Waals surface area (Å²) in [6.45, 7) is 0. The molecule has 1 spiro atoms. The van der Waals surface area contributed by atoms with Crippen molar-refractivity contribution >= 4 is 49.6 Å². The summed E-state index contributed by atoms with van der Waals surface area (Å²) in [7, 11) is 0. The first-order chi connectivity index (χ1) is 33.3. The Morgan fingerprint density at radius 3 is 1.43 bits per heavy atom. The molecule has 0 saturated heterocycles.